The topological polar surface area (TPSA) is 21.7 Å². The molecule has 3 nitrogen and oxygen atoms in total. The van der Waals surface area contributed by atoms with Crippen LogP contribution in [0.3, 0.4) is 0 Å². The van der Waals surface area contributed by atoms with Crippen LogP contribution in [0.5, 0.6) is 0 Å². The second kappa shape index (κ2) is 28.7. The Bertz CT molecular complexity index is 813. The average Bonchev–Trinajstić information content (AvgIpc) is 3.57. The Labute approximate surface area is 294 Å². The molecule has 2 rings (SSSR count). The van der Waals surface area contributed by atoms with Crippen LogP contribution in [-0.4, -0.2) is 43.5 Å². The van der Waals surface area contributed by atoms with Crippen LogP contribution in [0.1, 0.15) is 187 Å². The predicted octanol–water partition coefficient (Wildman–Crippen LogP) is 13.5. The Morgan fingerprint density at radius 1 is 0.489 bits per heavy atom. The highest BCUT2D eigenvalue weighted by atomic mass is 16.8. The lowest BCUT2D eigenvalue weighted by molar-refractivity contribution is -0.193. The van der Waals surface area contributed by atoms with Crippen LogP contribution >= 0.6 is 0 Å². The Kier molecular flexibility index (Phi) is 25.6. The van der Waals surface area contributed by atoms with Crippen molar-refractivity contribution >= 4 is 0 Å². The molecule has 1 aliphatic carbocycles. The molecule has 2 unspecified atom stereocenters. The summed E-state index contributed by atoms with van der Waals surface area (Å²) < 4.78 is 13.7. The van der Waals surface area contributed by atoms with Gasteiger partial charge in [-0.25, -0.2) is 0 Å². The summed E-state index contributed by atoms with van der Waals surface area (Å²) in [5, 5.41) is 0. The van der Waals surface area contributed by atoms with Crippen LogP contribution in [0.2, 0.25) is 0 Å². The first kappa shape index (κ1) is 42.0. The van der Waals surface area contributed by atoms with Crippen molar-refractivity contribution in [3.63, 3.8) is 0 Å². The minimum absolute atomic E-state index is 0.302. The zero-order valence-electron chi connectivity index (χ0n) is 31.9. The van der Waals surface area contributed by atoms with Gasteiger partial charge >= 0.3 is 0 Å². The number of hydrogen-bond donors (Lipinski definition) is 0. The molecule has 0 spiro atoms. The van der Waals surface area contributed by atoms with Crippen molar-refractivity contribution in [1.29, 1.82) is 0 Å². The number of rotatable bonds is 31. The second-order valence-corrected chi connectivity index (χ2v) is 15.1. The minimum Gasteiger partial charge on any atom is -0.344 e. The summed E-state index contributed by atoms with van der Waals surface area (Å²) in [6.45, 7) is 5.69. The third-order valence-electron chi connectivity index (χ3n) is 10.2. The molecule has 0 radical (unpaired) electrons. The van der Waals surface area contributed by atoms with Crippen LogP contribution in [0, 0.1) is 5.92 Å². The molecule has 0 bridgehead atoms. The molecule has 2 aliphatic rings. The number of fused-ring (bicyclic) bond motifs is 1. The van der Waals surface area contributed by atoms with Crippen molar-refractivity contribution in [2.24, 2.45) is 5.92 Å². The molecule has 0 N–H and O–H groups in total. The average molecular weight is 654 g/mol. The molecule has 0 amide bonds. The summed E-state index contributed by atoms with van der Waals surface area (Å²) in [6, 6.07) is 0. The Morgan fingerprint density at radius 2 is 0.872 bits per heavy atom. The molecule has 0 aromatic carbocycles. The van der Waals surface area contributed by atoms with Gasteiger partial charge in [-0.05, 0) is 103 Å². The quantitative estimate of drug-likeness (QED) is 0.0549. The van der Waals surface area contributed by atoms with Gasteiger partial charge in [-0.3, -0.25) is 0 Å². The summed E-state index contributed by atoms with van der Waals surface area (Å²) in [5.74, 6) is 0.417. The van der Waals surface area contributed by atoms with E-state index in [1.165, 1.54) is 148 Å². The largest absolute Gasteiger partial charge is 0.344 e. The van der Waals surface area contributed by atoms with Crippen LogP contribution in [0.4, 0.5) is 0 Å². The van der Waals surface area contributed by atoms with E-state index in [-0.39, 0.29) is 5.79 Å². The van der Waals surface area contributed by atoms with Gasteiger partial charge in [-0.2, -0.15) is 0 Å². The molecule has 0 aromatic heterocycles. The highest BCUT2D eigenvalue weighted by Gasteiger charge is 2.50. The van der Waals surface area contributed by atoms with Gasteiger partial charge < -0.3 is 14.4 Å². The van der Waals surface area contributed by atoms with Gasteiger partial charge in [0.25, 0.3) is 0 Å². The molecular weight excluding hydrogens is 574 g/mol. The molecule has 0 aromatic rings. The molecule has 1 saturated heterocycles. The highest BCUT2D eigenvalue weighted by Crippen LogP contribution is 2.45. The molecule has 1 heterocycles. The maximum absolute atomic E-state index is 6.86. The Balaban J connectivity index is 1.58. The lowest BCUT2D eigenvalue weighted by Crippen LogP contribution is -2.33. The number of ether oxygens (including phenoxy) is 2. The summed E-state index contributed by atoms with van der Waals surface area (Å²) in [6.07, 6.45) is 53.7. The van der Waals surface area contributed by atoms with Gasteiger partial charge in [0.05, 0.1) is 12.2 Å². The van der Waals surface area contributed by atoms with E-state index in [1.807, 2.05) is 0 Å². The van der Waals surface area contributed by atoms with Crippen LogP contribution in [0.15, 0.2) is 48.6 Å². The lowest BCUT2D eigenvalue weighted by Gasteiger charge is -2.30. The fraction of sp³-hybridized carbons (Fsp3) is 0.818. The summed E-state index contributed by atoms with van der Waals surface area (Å²) in [7, 11) is 4.38. The number of nitrogens with zero attached hydrogens (tertiary/aromatic N) is 1. The molecule has 1 aliphatic heterocycles. The third-order valence-corrected chi connectivity index (χ3v) is 10.2. The number of allylic oxidation sites excluding steroid dienone is 8. The summed E-state index contributed by atoms with van der Waals surface area (Å²) >= 11 is 0. The van der Waals surface area contributed by atoms with Crippen molar-refractivity contribution in [1.82, 2.24) is 4.90 Å². The van der Waals surface area contributed by atoms with E-state index in [2.05, 4.69) is 81.5 Å². The SMILES string of the molecule is CCCC/C=C\C/C=C\CCCCCCCCC1(CCCCCCCC/C=C\C/C=C\CCCCC)O[C@H]2CC(CN(C)C)C[C@H]2O1. The van der Waals surface area contributed by atoms with Crippen LogP contribution in [0.25, 0.3) is 0 Å². The molecule has 4 atom stereocenters. The van der Waals surface area contributed by atoms with E-state index in [4.69, 9.17) is 9.47 Å². The van der Waals surface area contributed by atoms with Gasteiger partial charge in [0, 0.05) is 19.4 Å². The molecule has 272 valence electrons. The maximum atomic E-state index is 6.86. The summed E-state index contributed by atoms with van der Waals surface area (Å²) in [5.41, 5.74) is 0. The smallest absolute Gasteiger partial charge is 0.169 e. The van der Waals surface area contributed by atoms with E-state index < -0.39 is 0 Å². The zero-order valence-corrected chi connectivity index (χ0v) is 31.9. The van der Waals surface area contributed by atoms with Crippen LogP contribution < -0.4 is 0 Å². The van der Waals surface area contributed by atoms with Crippen molar-refractivity contribution in [2.75, 3.05) is 20.6 Å². The first-order chi connectivity index (χ1) is 23.1. The van der Waals surface area contributed by atoms with Gasteiger partial charge in [-0.1, -0.05) is 140 Å². The molecule has 1 saturated carbocycles. The van der Waals surface area contributed by atoms with E-state index in [0.29, 0.717) is 12.2 Å². The molecule has 2 fully saturated rings. The summed E-state index contributed by atoms with van der Waals surface area (Å²) in [4.78, 5) is 2.33. The third kappa shape index (κ3) is 21.5. The number of unbranched alkanes of at least 4 members (excludes halogenated alkanes) is 17. The first-order valence-electron chi connectivity index (χ1n) is 20.7. The standard InChI is InChI=1S/C44H79NO2/c1-5-7-9-11-13-15-17-19-21-23-25-27-29-31-33-35-37-44(46-42-38-41(40-45(3)4)39-43(42)47-44)36-34-32-30-28-26-24-22-20-18-16-14-12-10-8-6-2/h12-15,18-21,41-43H,5-11,16-17,22-40H2,1-4H3/b14-12-,15-13-,20-18-,21-19-/t41?,42-,43+,44?. The van der Waals surface area contributed by atoms with Crippen LogP contribution in [-0.2, 0) is 9.47 Å². The van der Waals surface area contributed by atoms with Crippen molar-refractivity contribution < 1.29 is 9.47 Å². The zero-order chi connectivity index (χ0) is 33.7. The number of hydrogen-bond acceptors (Lipinski definition) is 3. The van der Waals surface area contributed by atoms with E-state index >= 15 is 0 Å². The Morgan fingerprint density at radius 3 is 1.30 bits per heavy atom. The lowest BCUT2D eigenvalue weighted by atomic mass is 9.98. The first-order valence-corrected chi connectivity index (χ1v) is 20.7. The highest BCUT2D eigenvalue weighted by molar-refractivity contribution is 4.95. The maximum Gasteiger partial charge on any atom is 0.169 e. The van der Waals surface area contributed by atoms with E-state index in [9.17, 15) is 0 Å². The fourth-order valence-electron chi connectivity index (χ4n) is 7.49. The van der Waals surface area contributed by atoms with Gasteiger partial charge in [0.1, 0.15) is 0 Å². The monoisotopic (exact) mass is 654 g/mol. The molecule has 3 heteroatoms. The van der Waals surface area contributed by atoms with Gasteiger partial charge in [0.15, 0.2) is 5.79 Å². The normalized spacial score (nSPS) is 23.2. The molecular formula is C44H79NO2. The second-order valence-electron chi connectivity index (χ2n) is 15.1. The van der Waals surface area contributed by atoms with Crippen molar-refractivity contribution in [2.45, 2.75) is 205 Å². The predicted molar refractivity (Wildman–Crippen MR) is 207 cm³/mol. The fourth-order valence-corrected chi connectivity index (χ4v) is 7.49. The van der Waals surface area contributed by atoms with E-state index in [1.54, 1.807) is 0 Å². The van der Waals surface area contributed by atoms with Crippen molar-refractivity contribution in [3.8, 4) is 0 Å². The van der Waals surface area contributed by atoms with Gasteiger partial charge in [-0.15, -0.1) is 0 Å². The van der Waals surface area contributed by atoms with Crippen molar-refractivity contribution in [3.05, 3.63) is 48.6 Å². The van der Waals surface area contributed by atoms with Gasteiger partial charge in [0.2, 0.25) is 0 Å². The molecule has 47 heavy (non-hydrogen) atoms. The van der Waals surface area contributed by atoms with E-state index in [0.717, 1.165) is 38.1 Å². The minimum atomic E-state index is -0.302. The Hall–Kier alpha value is -1.16.